The fourth-order valence-corrected chi connectivity index (χ4v) is 3.02. The van der Waals surface area contributed by atoms with E-state index in [9.17, 15) is 9.59 Å². The van der Waals surface area contributed by atoms with Crippen LogP contribution in [0.4, 0.5) is 5.69 Å². The lowest BCUT2D eigenvalue weighted by molar-refractivity contribution is 0.102. The first-order chi connectivity index (χ1) is 12.6. The first-order valence-electron chi connectivity index (χ1n) is 8.27. The molecular weight excluding hydrogens is 326 g/mol. The van der Waals surface area contributed by atoms with Crippen LogP contribution < -0.4 is 10.9 Å². The van der Waals surface area contributed by atoms with Crippen molar-refractivity contribution >= 4 is 22.5 Å². The summed E-state index contributed by atoms with van der Waals surface area (Å²) in [5.41, 5.74) is 3.74. The number of nitrogens with one attached hydrogen (secondary N) is 2. The number of para-hydroxylation sites is 1. The number of fused-ring (bicyclic) bond motifs is 1. The fourth-order valence-electron chi connectivity index (χ4n) is 3.02. The first-order valence-corrected chi connectivity index (χ1v) is 8.27. The standard InChI is InChI=1S/C21H17N3O2/c1-24-13-18(17-11-12-22-19(17)21(24)26)14-7-9-15(10-8-14)20(25)23-16-5-3-2-4-6-16/h2-13,22H,1H3,(H,23,25). The van der Waals surface area contributed by atoms with Gasteiger partial charge >= 0.3 is 0 Å². The summed E-state index contributed by atoms with van der Waals surface area (Å²) in [4.78, 5) is 27.5. The molecule has 26 heavy (non-hydrogen) atoms. The summed E-state index contributed by atoms with van der Waals surface area (Å²) in [7, 11) is 1.73. The van der Waals surface area contributed by atoms with Crippen molar-refractivity contribution < 1.29 is 4.79 Å². The maximum Gasteiger partial charge on any atom is 0.274 e. The highest BCUT2D eigenvalue weighted by molar-refractivity contribution is 6.04. The minimum absolute atomic E-state index is 0.0624. The zero-order chi connectivity index (χ0) is 18.1. The average Bonchev–Trinajstić information content (AvgIpc) is 3.16. The van der Waals surface area contributed by atoms with Gasteiger partial charge in [-0.1, -0.05) is 30.3 Å². The maximum atomic E-state index is 12.4. The molecule has 2 aromatic carbocycles. The Balaban J connectivity index is 1.67. The van der Waals surface area contributed by atoms with E-state index in [0.717, 1.165) is 22.2 Å². The molecular formula is C21H17N3O2. The van der Waals surface area contributed by atoms with Crippen LogP contribution in [-0.2, 0) is 7.05 Å². The van der Waals surface area contributed by atoms with E-state index in [1.54, 1.807) is 29.9 Å². The third-order valence-corrected chi connectivity index (χ3v) is 4.38. The number of rotatable bonds is 3. The van der Waals surface area contributed by atoms with Crippen molar-refractivity contribution in [2.45, 2.75) is 0 Å². The third-order valence-electron chi connectivity index (χ3n) is 4.38. The average molecular weight is 343 g/mol. The molecule has 0 aliphatic rings. The molecule has 0 aliphatic heterocycles. The topological polar surface area (TPSA) is 66.9 Å². The Morgan fingerprint density at radius 1 is 1.00 bits per heavy atom. The highest BCUT2D eigenvalue weighted by Gasteiger charge is 2.11. The number of hydrogen-bond acceptors (Lipinski definition) is 2. The van der Waals surface area contributed by atoms with Crippen LogP contribution in [0.2, 0.25) is 0 Å². The molecule has 4 aromatic rings. The number of H-pyrrole nitrogens is 1. The van der Waals surface area contributed by atoms with Crippen LogP contribution in [0.1, 0.15) is 10.4 Å². The van der Waals surface area contributed by atoms with Gasteiger partial charge in [-0.2, -0.15) is 0 Å². The Kier molecular flexibility index (Phi) is 3.89. The van der Waals surface area contributed by atoms with Crippen molar-refractivity contribution in [3.05, 3.63) is 89.0 Å². The predicted molar refractivity (Wildman–Crippen MR) is 103 cm³/mol. The normalized spacial score (nSPS) is 10.8. The molecule has 0 radical (unpaired) electrons. The molecule has 0 saturated heterocycles. The summed E-state index contributed by atoms with van der Waals surface area (Å²) in [5.74, 6) is -0.157. The van der Waals surface area contributed by atoms with Gasteiger partial charge in [0.2, 0.25) is 0 Å². The number of aromatic amines is 1. The van der Waals surface area contributed by atoms with Gasteiger partial charge in [-0.15, -0.1) is 0 Å². The second-order valence-electron chi connectivity index (χ2n) is 6.12. The van der Waals surface area contributed by atoms with Crippen molar-refractivity contribution in [2.24, 2.45) is 7.05 Å². The Hall–Kier alpha value is -3.60. The number of amides is 1. The van der Waals surface area contributed by atoms with Crippen LogP contribution >= 0.6 is 0 Å². The SMILES string of the molecule is Cn1cc(-c2ccc(C(=O)Nc3ccccc3)cc2)c2cc[nH]c2c1=O. The molecule has 0 aliphatic carbocycles. The number of aromatic nitrogens is 2. The van der Waals surface area contributed by atoms with E-state index >= 15 is 0 Å². The zero-order valence-corrected chi connectivity index (χ0v) is 14.2. The summed E-state index contributed by atoms with van der Waals surface area (Å²) in [5, 5.41) is 3.74. The number of pyridine rings is 1. The van der Waals surface area contributed by atoms with Crippen molar-refractivity contribution in [1.82, 2.24) is 9.55 Å². The molecule has 2 N–H and O–H groups in total. The predicted octanol–water partition coefficient (Wildman–Crippen LogP) is 3.79. The van der Waals surface area contributed by atoms with E-state index in [1.165, 1.54) is 0 Å². The van der Waals surface area contributed by atoms with E-state index in [0.29, 0.717) is 11.1 Å². The van der Waals surface area contributed by atoms with Crippen molar-refractivity contribution in [3.8, 4) is 11.1 Å². The summed E-state index contributed by atoms with van der Waals surface area (Å²) in [6.07, 6.45) is 3.58. The number of aryl methyl sites for hydroxylation is 1. The van der Waals surface area contributed by atoms with Crippen LogP contribution in [0.5, 0.6) is 0 Å². The van der Waals surface area contributed by atoms with Gasteiger partial charge in [0, 0.05) is 41.6 Å². The quantitative estimate of drug-likeness (QED) is 0.594. The van der Waals surface area contributed by atoms with Crippen LogP contribution in [-0.4, -0.2) is 15.5 Å². The van der Waals surface area contributed by atoms with E-state index in [-0.39, 0.29) is 11.5 Å². The van der Waals surface area contributed by atoms with E-state index in [1.807, 2.05) is 54.7 Å². The number of anilines is 1. The minimum Gasteiger partial charge on any atom is -0.357 e. The Labute approximate surface area is 149 Å². The molecule has 1 amide bonds. The van der Waals surface area contributed by atoms with E-state index in [4.69, 9.17) is 0 Å². The van der Waals surface area contributed by atoms with Crippen molar-refractivity contribution in [3.63, 3.8) is 0 Å². The van der Waals surface area contributed by atoms with E-state index in [2.05, 4.69) is 10.3 Å². The molecule has 2 aromatic heterocycles. The van der Waals surface area contributed by atoms with Gasteiger partial charge in [0.25, 0.3) is 11.5 Å². The Morgan fingerprint density at radius 3 is 2.46 bits per heavy atom. The second kappa shape index (κ2) is 6.37. The highest BCUT2D eigenvalue weighted by Crippen LogP contribution is 2.26. The van der Waals surface area contributed by atoms with E-state index < -0.39 is 0 Å². The van der Waals surface area contributed by atoms with Gasteiger partial charge in [-0.05, 0) is 35.9 Å². The number of carbonyl (C=O) groups excluding carboxylic acids is 1. The molecule has 0 unspecified atom stereocenters. The number of nitrogens with zero attached hydrogens (tertiary/aromatic N) is 1. The molecule has 0 atom stereocenters. The molecule has 0 fully saturated rings. The van der Waals surface area contributed by atoms with Crippen molar-refractivity contribution in [2.75, 3.05) is 5.32 Å². The summed E-state index contributed by atoms with van der Waals surface area (Å²) in [6, 6.07) is 18.6. The maximum absolute atomic E-state index is 12.4. The lowest BCUT2D eigenvalue weighted by atomic mass is 10.0. The fraction of sp³-hybridized carbons (Fsp3) is 0.0476. The molecule has 2 heterocycles. The number of benzene rings is 2. The van der Waals surface area contributed by atoms with Gasteiger partial charge in [-0.25, -0.2) is 0 Å². The number of carbonyl (C=O) groups is 1. The largest absolute Gasteiger partial charge is 0.357 e. The Bertz CT molecular complexity index is 1140. The number of hydrogen-bond donors (Lipinski definition) is 2. The van der Waals surface area contributed by atoms with Crippen LogP contribution in [0.3, 0.4) is 0 Å². The van der Waals surface area contributed by atoms with Gasteiger partial charge < -0.3 is 14.9 Å². The molecule has 0 saturated carbocycles. The lowest BCUT2D eigenvalue weighted by Gasteiger charge is -2.09. The monoisotopic (exact) mass is 343 g/mol. The lowest BCUT2D eigenvalue weighted by Crippen LogP contribution is -2.16. The van der Waals surface area contributed by atoms with Crippen LogP contribution in [0.25, 0.3) is 22.0 Å². The van der Waals surface area contributed by atoms with Crippen molar-refractivity contribution in [1.29, 1.82) is 0 Å². The summed E-state index contributed by atoms with van der Waals surface area (Å²) in [6.45, 7) is 0. The first kappa shape index (κ1) is 15.9. The van der Waals surface area contributed by atoms with Gasteiger partial charge in [0.1, 0.15) is 5.52 Å². The third kappa shape index (κ3) is 2.80. The minimum atomic E-state index is -0.157. The van der Waals surface area contributed by atoms with Crippen LogP contribution in [0, 0.1) is 0 Å². The van der Waals surface area contributed by atoms with Crippen LogP contribution in [0.15, 0.2) is 77.9 Å². The van der Waals surface area contributed by atoms with Gasteiger partial charge in [-0.3, -0.25) is 9.59 Å². The molecule has 5 heteroatoms. The molecule has 5 nitrogen and oxygen atoms in total. The Morgan fingerprint density at radius 2 is 1.73 bits per heavy atom. The zero-order valence-electron chi connectivity index (χ0n) is 14.2. The molecule has 128 valence electrons. The van der Waals surface area contributed by atoms with Gasteiger partial charge in [0.15, 0.2) is 0 Å². The summed E-state index contributed by atoms with van der Waals surface area (Å²) >= 11 is 0. The smallest absolute Gasteiger partial charge is 0.274 e. The highest BCUT2D eigenvalue weighted by atomic mass is 16.1. The van der Waals surface area contributed by atoms with Gasteiger partial charge in [0.05, 0.1) is 0 Å². The molecule has 4 rings (SSSR count). The summed E-state index contributed by atoms with van der Waals surface area (Å²) < 4.78 is 1.56. The second-order valence-corrected chi connectivity index (χ2v) is 6.12. The molecule has 0 bridgehead atoms. The molecule has 0 spiro atoms.